The molecule has 0 aliphatic heterocycles. The Kier molecular flexibility index (Phi) is 2.72. The molecule has 0 fully saturated rings. The molecule has 0 bridgehead atoms. The molecule has 1 heterocycles. The van der Waals surface area contributed by atoms with Crippen molar-refractivity contribution >= 4 is 5.69 Å². The standard InChI is InChI=1S/C12H11FN2O/c1-8-5-11(14)12(15-7-8)16-10-4-2-3-9(13)6-10/h2-7H,14H2,1H3. The van der Waals surface area contributed by atoms with Gasteiger partial charge in [-0.25, -0.2) is 9.37 Å². The third kappa shape index (κ3) is 2.28. The normalized spacial score (nSPS) is 10.1. The Labute approximate surface area is 92.7 Å². The highest BCUT2D eigenvalue weighted by atomic mass is 19.1. The molecule has 82 valence electrons. The van der Waals surface area contributed by atoms with Crippen molar-refractivity contribution in [3.63, 3.8) is 0 Å². The molecular formula is C12H11FN2O. The molecule has 1 aromatic carbocycles. The maximum Gasteiger partial charge on any atom is 0.242 e. The van der Waals surface area contributed by atoms with Crippen LogP contribution in [0.2, 0.25) is 0 Å². The van der Waals surface area contributed by atoms with Crippen LogP contribution in [-0.2, 0) is 0 Å². The van der Waals surface area contributed by atoms with E-state index in [0.717, 1.165) is 5.56 Å². The quantitative estimate of drug-likeness (QED) is 0.843. The summed E-state index contributed by atoms with van der Waals surface area (Å²) in [6.45, 7) is 1.88. The molecule has 0 amide bonds. The van der Waals surface area contributed by atoms with Gasteiger partial charge in [-0.2, -0.15) is 0 Å². The van der Waals surface area contributed by atoms with E-state index in [0.29, 0.717) is 11.4 Å². The lowest BCUT2D eigenvalue weighted by atomic mass is 10.3. The molecule has 2 rings (SSSR count). The fraction of sp³-hybridized carbons (Fsp3) is 0.0833. The fourth-order valence-corrected chi connectivity index (χ4v) is 1.31. The number of nitrogens with two attached hydrogens (primary N) is 1. The van der Waals surface area contributed by atoms with Crippen LogP contribution >= 0.6 is 0 Å². The molecule has 0 aliphatic carbocycles. The van der Waals surface area contributed by atoms with Crippen molar-refractivity contribution in [3.8, 4) is 11.6 Å². The zero-order valence-corrected chi connectivity index (χ0v) is 8.77. The molecular weight excluding hydrogens is 207 g/mol. The van der Waals surface area contributed by atoms with Crippen LogP contribution in [0.25, 0.3) is 0 Å². The molecule has 3 nitrogen and oxygen atoms in total. The van der Waals surface area contributed by atoms with Crippen molar-refractivity contribution in [2.45, 2.75) is 6.92 Å². The van der Waals surface area contributed by atoms with Crippen LogP contribution in [-0.4, -0.2) is 4.98 Å². The van der Waals surface area contributed by atoms with Gasteiger partial charge in [0.15, 0.2) is 0 Å². The molecule has 0 spiro atoms. The fourth-order valence-electron chi connectivity index (χ4n) is 1.31. The molecule has 0 saturated heterocycles. The number of hydrogen-bond acceptors (Lipinski definition) is 3. The summed E-state index contributed by atoms with van der Waals surface area (Å²) in [7, 11) is 0. The first kappa shape index (κ1) is 10.4. The maximum atomic E-state index is 12.9. The van der Waals surface area contributed by atoms with E-state index in [1.165, 1.54) is 12.1 Å². The van der Waals surface area contributed by atoms with Crippen LogP contribution in [0.3, 0.4) is 0 Å². The van der Waals surface area contributed by atoms with Crippen LogP contribution in [0.15, 0.2) is 36.5 Å². The third-order valence-corrected chi connectivity index (χ3v) is 2.03. The minimum absolute atomic E-state index is 0.288. The predicted octanol–water partition coefficient (Wildman–Crippen LogP) is 2.90. The van der Waals surface area contributed by atoms with E-state index >= 15 is 0 Å². The molecule has 1 aromatic heterocycles. The van der Waals surface area contributed by atoms with Gasteiger partial charge in [0.1, 0.15) is 11.6 Å². The number of aryl methyl sites for hydroxylation is 1. The second-order valence-corrected chi connectivity index (χ2v) is 3.47. The average Bonchev–Trinajstić information content (AvgIpc) is 2.22. The Morgan fingerprint density at radius 1 is 1.31 bits per heavy atom. The van der Waals surface area contributed by atoms with Gasteiger partial charge < -0.3 is 10.5 Å². The van der Waals surface area contributed by atoms with Crippen LogP contribution < -0.4 is 10.5 Å². The Hall–Kier alpha value is -2.10. The van der Waals surface area contributed by atoms with Crippen molar-refractivity contribution in [2.75, 3.05) is 5.73 Å². The SMILES string of the molecule is Cc1cnc(Oc2cccc(F)c2)c(N)c1. The summed E-state index contributed by atoms with van der Waals surface area (Å²) in [5.41, 5.74) is 7.11. The van der Waals surface area contributed by atoms with Crippen molar-refractivity contribution in [3.05, 3.63) is 47.9 Å². The highest BCUT2D eigenvalue weighted by Gasteiger charge is 2.04. The van der Waals surface area contributed by atoms with Crippen molar-refractivity contribution in [1.82, 2.24) is 4.98 Å². The van der Waals surface area contributed by atoms with Crippen molar-refractivity contribution < 1.29 is 9.13 Å². The zero-order valence-electron chi connectivity index (χ0n) is 8.77. The highest BCUT2D eigenvalue weighted by Crippen LogP contribution is 2.25. The molecule has 16 heavy (non-hydrogen) atoms. The topological polar surface area (TPSA) is 48.1 Å². The van der Waals surface area contributed by atoms with E-state index in [2.05, 4.69) is 4.98 Å². The first-order chi connectivity index (χ1) is 7.65. The van der Waals surface area contributed by atoms with Crippen LogP contribution in [0.4, 0.5) is 10.1 Å². The summed E-state index contributed by atoms with van der Waals surface area (Å²) < 4.78 is 18.3. The molecule has 0 aliphatic rings. The van der Waals surface area contributed by atoms with Gasteiger partial charge in [0.05, 0.1) is 5.69 Å². The number of hydrogen-bond donors (Lipinski definition) is 1. The Balaban J connectivity index is 2.27. The van der Waals surface area contributed by atoms with E-state index in [9.17, 15) is 4.39 Å². The molecule has 0 saturated carbocycles. The monoisotopic (exact) mass is 218 g/mol. The summed E-state index contributed by atoms with van der Waals surface area (Å²) in [4.78, 5) is 4.03. The van der Waals surface area contributed by atoms with Gasteiger partial charge in [-0.3, -0.25) is 0 Å². The van der Waals surface area contributed by atoms with Crippen molar-refractivity contribution in [1.29, 1.82) is 0 Å². The highest BCUT2D eigenvalue weighted by molar-refractivity contribution is 5.50. The largest absolute Gasteiger partial charge is 0.437 e. The van der Waals surface area contributed by atoms with E-state index < -0.39 is 0 Å². The number of anilines is 1. The molecule has 4 heteroatoms. The summed E-state index contributed by atoms with van der Waals surface area (Å²) in [5, 5.41) is 0. The number of nitrogens with zero attached hydrogens (tertiary/aromatic N) is 1. The first-order valence-corrected chi connectivity index (χ1v) is 4.81. The van der Waals surface area contributed by atoms with Gasteiger partial charge in [-0.15, -0.1) is 0 Å². The number of benzene rings is 1. The Morgan fingerprint density at radius 3 is 2.81 bits per heavy atom. The Morgan fingerprint density at radius 2 is 2.12 bits per heavy atom. The number of aromatic nitrogens is 1. The average molecular weight is 218 g/mol. The van der Waals surface area contributed by atoms with E-state index in [1.807, 2.05) is 6.92 Å². The van der Waals surface area contributed by atoms with Crippen LogP contribution in [0.5, 0.6) is 11.6 Å². The van der Waals surface area contributed by atoms with Gasteiger partial charge in [-0.1, -0.05) is 6.07 Å². The van der Waals surface area contributed by atoms with Gasteiger partial charge >= 0.3 is 0 Å². The number of halogens is 1. The number of rotatable bonds is 2. The van der Waals surface area contributed by atoms with Gasteiger partial charge in [-0.05, 0) is 30.7 Å². The van der Waals surface area contributed by atoms with E-state index in [-0.39, 0.29) is 11.7 Å². The minimum Gasteiger partial charge on any atom is -0.437 e. The number of nitrogen functional groups attached to an aromatic ring is 1. The number of pyridine rings is 1. The second kappa shape index (κ2) is 4.18. The number of ether oxygens (including phenoxy) is 1. The van der Waals surface area contributed by atoms with Gasteiger partial charge in [0.25, 0.3) is 0 Å². The van der Waals surface area contributed by atoms with Gasteiger partial charge in [0, 0.05) is 12.3 Å². The third-order valence-electron chi connectivity index (χ3n) is 2.03. The van der Waals surface area contributed by atoms with Crippen LogP contribution in [0, 0.1) is 12.7 Å². The Bertz CT molecular complexity index is 514. The molecule has 2 N–H and O–H groups in total. The zero-order chi connectivity index (χ0) is 11.5. The summed E-state index contributed by atoms with van der Waals surface area (Å²) in [5.74, 6) is 0.308. The molecule has 0 atom stereocenters. The van der Waals surface area contributed by atoms with E-state index in [4.69, 9.17) is 10.5 Å². The second-order valence-electron chi connectivity index (χ2n) is 3.47. The predicted molar refractivity (Wildman–Crippen MR) is 59.9 cm³/mol. The molecule has 0 radical (unpaired) electrons. The lowest BCUT2D eigenvalue weighted by molar-refractivity contribution is 0.460. The van der Waals surface area contributed by atoms with Crippen molar-refractivity contribution in [2.24, 2.45) is 0 Å². The first-order valence-electron chi connectivity index (χ1n) is 4.81. The smallest absolute Gasteiger partial charge is 0.242 e. The summed E-state index contributed by atoms with van der Waals surface area (Å²) >= 11 is 0. The van der Waals surface area contributed by atoms with Gasteiger partial charge in [0.2, 0.25) is 5.88 Å². The van der Waals surface area contributed by atoms with Crippen LogP contribution in [0.1, 0.15) is 5.56 Å². The molecule has 2 aromatic rings. The molecule has 0 unspecified atom stereocenters. The summed E-state index contributed by atoms with van der Waals surface area (Å²) in [6.07, 6.45) is 1.64. The minimum atomic E-state index is -0.358. The lowest BCUT2D eigenvalue weighted by Crippen LogP contribution is -1.95. The lowest BCUT2D eigenvalue weighted by Gasteiger charge is -2.07. The summed E-state index contributed by atoms with van der Waals surface area (Å²) in [6, 6.07) is 7.58. The maximum absolute atomic E-state index is 12.9. The van der Waals surface area contributed by atoms with E-state index in [1.54, 1.807) is 24.4 Å².